The number of hydrogen-bond donors (Lipinski definition) is 3. The maximum Gasteiger partial charge on any atom is 0.269 e. The molecule has 2 rings (SSSR count). The average molecular weight is 359 g/mol. The lowest BCUT2D eigenvalue weighted by Gasteiger charge is -2.12. The molecule has 0 aliphatic rings. The van der Waals surface area contributed by atoms with Gasteiger partial charge in [-0.05, 0) is 36.8 Å². The average Bonchev–Trinajstić information content (AvgIpc) is 2.63. The van der Waals surface area contributed by atoms with Gasteiger partial charge in [-0.1, -0.05) is 12.1 Å². The number of nitrogens with one attached hydrogen (secondary N) is 3. The van der Waals surface area contributed by atoms with E-state index >= 15 is 0 Å². The maximum absolute atomic E-state index is 13.2. The van der Waals surface area contributed by atoms with E-state index in [-0.39, 0.29) is 11.5 Å². The van der Waals surface area contributed by atoms with Crippen LogP contribution in [0.4, 0.5) is 15.8 Å². The molecular formula is C18H22FN5O2. The van der Waals surface area contributed by atoms with Crippen LogP contribution in [0.15, 0.2) is 53.5 Å². The van der Waals surface area contributed by atoms with Crippen LogP contribution in [0.3, 0.4) is 0 Å². The van der Waals surface area contributed by atoms with Gasteiger partial charge in [-0.15, -0.1) is 0 Å². The van der Waals surface area contributed by atoms with Crippen LogP contribution in [-0.2, 0) is 6.54 Å². The summed E-state index contributed by atoms with van der Waals surface area (Å²) in [5.41, 5.74) is 1.66. The lowest BCUT2D eigenvalue weighted by Crippen LogP contribution is -2.39. The summed E-state index contributed by atoms with van der Waals surface area (Å²) < 4.78 is 13.2. The number of anilines is 1. The van der Waals surface area contributed by atoms with Crippen LogP contribution in [0, 0.1) is 15.9 Å². The van der Waals surface area contributed by atoms with Crippen LogP contribution < -0.4 is 16.0 Å². The molecule has 7 nitrogen and oxygen atoms in total. The second kappa shape index (κ2) is 9.97. The summed E-state index contributed by atoms with van der Waals surface area (Å²) in [5.74, 6) is 0.366. The molecule has 0 fully saturated rings. The number of benzene rings is 2. The van der Waals surface area contributed by atoms with Crippen LogP contribution in [0.1, 0.15) is 12.5 Å². The Morgan fingerprint density at radius 1 is 1.15 bits per heavy atom. The molecule has 0 spiro atoms. The minimum atomic E-state index is -0.427. The highest BCUT2D eigenvalue weighted by atomic mass is 19.1. The predicted molar refractivity (Wildman–Crippen MR) is 101 cm³/mol. The number of nitro benzene ring substituents is 1. The first-order valence-electron chi connectivity index (χ1n) is 8.33. The summed E-state index contributed by atoms with van der Waals surface area (Å²) in [6.45, 7) is 4.27. The van der Waals surface area contributed by atoms with Crippen LogP contribution >= 0.6 is 0 Å². The van der Waals surface area contributed by atoms with E-state index in [0.29, 0.717) is 32.1 Å². The molecule has 0 amide bonds. The molecular weight excluding hydrogens is 337 g/mol. The molecule has 0 saturated carbocycles. The highest BCUT2D eigenvalue weighted by molar-refractivity contribution is 5.79. The molecule has 0 heterocycles. The van der Waals surface area contributed by atoms with Gasteiger partial charge >= 0.3 is 0 Å². The summed E-state index contributed by atoms with van der Waals surface area (Å²) in [5, 5.41) is 20.1. The number of hydrogen-bond acceptors (Lipinski definition) is 4. The van der Waals surface area contributed by atoms with Gasteiger partial charge in [-0.25, -0.2) is 9.38 Å². The number of guanidine groups is 1. The molecule has 0 saturated heterocycles. The first kappa shape index (κ1) is 19.2. The van der Waals surface area contributed by atoms with Gasteiger partial charge in [0.2, 0.25) is 0 Å². The Bertz CT molecular complexity index is 750. The van der Waals surface area contributed by atoms with Crippen molar-refractivity contribution in [3.63, 3.8) is 0 Å². The molecule has 0 bridgehead atoms. The Morgan fingerprint density at radius 3 is 2.58 bits per heavy atom. The summed E-state index contributed by atoms with van der Waals surface area (Å²) >= 11 is 0. The predicted octanol–water partition coefficient (Wildman–Crippen LogP) is 2.90. The molecule has 0 radical (unpaired) electrons. The zero-order valence-corrected chi connectivity index (χ0v) is 14.5. The van der Waals surface area contributed by atoms with E-state index in [1.54, 1.807) is 18.2 Å². The van der Waals surface area contributed by atoms with Gasteiger partial charge in [0.25, 0.3) is 5.69 Å². The maximum atomic E-state index is 13.2. The summed E-state index contributed by atoms with van der Waals surface area (Å²) in [6.07, 6.45) is 0. The zero-order valence-electron chi connectivity index (χ0n) is 14.5. The van der Waals surface area contributed by atoms with E-state index in [9.17, 15) is 14.5 Å². The van der Waals surface area contributed by atoms with Crippen molar-refractivity contribution in [3.05, 3.63) is 70.0 Å². The third kappa shape index (κ3) is 6.39. The Labute approximate surface area is 151 Å². The van der Waals surface area contributed by atoms with Crippen molar-refractivity contribution < 1.29 is 9.31 Å². The first-order valence-corrected chi connectivity index (χ1v) is 8.33. The zero-order chi connectivity index (χ0) is 18.8. The van der Waals surface area contributed by atoms with Gasteiger partial charge in [-0.2, -0.15) is 0 Å². The molecule has 2 aromatic rings. The SMILES string of the molecule is CCNC(=NCc1cccc(F)c1)NCCNc1ccc([N+](=O)[O-])cc1. The minimum Gasteiger partial charge on any atom is -0.383 e. The third-order valence-corrected chi connectivity index (χ3v) is 3.48. The third-order valence-electron chi connectivity index (χ3n) is 3.48. The van der Waals surface area contributed by atoms with Gasteiger partial charge in [0.05, 0.1) is 11.5 Å². The number of nitrogens with zero attached hydrogens (tertiary/aromatic N) is 2. The van der Waals surface area contributed by atoms with Crippen molar-refractivity contribution >= 4 is 17.3 Å². The fourth-order valence-corrected chi connectivity index (χ4v) is 2.24. The Kier molecular flexibility index (Phi) is 7.35. The Morgan fingerprint density at radius 2 is 1.92 bits per heavy atom. The molecule has 2 aromatic carbocycles. The fraction of sp³-hybridized carbons (Fsp3) is 0.278. The molecule has 3 N–H and O–H groups in total. The van der Waals surface area contributed by atoms with E-state index in [0.717, 1.165) is 11.3 Å². The largest absolute Gasteiger partial charge is 0.383 e. The van der Waals surface area contributed by atoms with Gasteiger partial charge in [-0.3, -0.25) is 10.1 Å². The lowest BCUT2D eigenvalue weighted by atomic mass is 10.2. The monoisotopic (exact) mass is 359 g/mol. The van der Waals surface area contributed by atoms with E-state index in [1.165, 1.54) is 24.3 Å². The van der Waals surface area contributed by atoms with Crippen molar-refractivity contribution in [3.8, 4) is 0 Å². The number of nitro groups is 1. The number of non-ortho nitro benzene ring substituents is 1. The second-order valence-electron chi connectivity index (χ2n) is 5.48. The first-order chi connectivity index (χ1) is 12.6. The topological polar surface area (TPSA) is 91.6 Å². The van der Waals surface area contributed by atoms with E-state index in [2.05, 4.69) is 20.9 Å². The molecule has 138 valence electrons. The lowest BCUT2D eigenvalue weighted by molar-refractivity contribution is -0.384. The quantitative estimate of drug-likeness (QED) is 0.222. The summed E-state index contributed by atoms with van der Waals surface area (Å²) in [4.78, 5) is 14.6. The van der Waals surface area contributed by atoms with Crippen molar-refractivity contribution in [2.75, 3.05) is 25.0 Å². The molecule has 0 atom stereocenters. The van der Waals surface area contributed by atoms with E-state index in [4.69, 9.17) is 0 Å². The number of rotatable bonds is 8. The standard InChI is InChI=1S/C18H22FN5O2/c1-2-20-18(23-13-14-4-3-5-15(19)12-14)22-11-10-21-16-6-8-17(9-7-16)24(25)26/h3-9,12,21H,2,10-11,13H2,1H3,(H2,20,22,23). The molecule has 26 heavy (non-hydrogen) atoms. The van der Waals surface area contributed by atoms with Gasteiger partial charge in [0, 0.05) is 37.5 Å². The minimum absolute atomic E-state index is 0.0626. The van der Waals surface area contributed by atoms with E-state index < -0.39 is 4.92 Å². The number of halogens is 1. The smallest absolute Gasteiger partial charge is 0.269 e. The van der Waals surface area contributed by atoms with Crippen LogP contribution in [0.25, 0.3) is 0 Å². The summed E-state index contributed by atoms with van der Waals surface area (Å²) in [7, 11) is 0. The molecule has 0 aliphatic heterocycles. The highest BCUT2D eigenvalue weighted by Crippen LogP contribution is 2.14. The van der Waals surface area contributed by atoms with Gasteiger partial charge < -0.3 is 16.0 Å². The van der Waals surface area contributed by atoms with Crippen molar-refractivity contribution in [2.45, 2.75) is 13.5 Å². The van der Waals surface area contributed by atoms with Crippen LogP contribution in [-0.4, -0.2) is 30.5 Å². The van der Waals surface area contributed by atoms with Crippen molar-refractivity contribution in [1.29, 1.82) is 0 Å². The van der Waals surface area contributed by atoms with Crippen LogP contribution in [0.2, 0.25) is 0 Å². The highest BCUT2D eigenvalue weighted by Gasteiger charge is 2.03. The normalized spacial score (nSPS) is 11.1. The Hall–Kier alpha value is -3.16. The van der Waals surface area contributed by atoms with E-state index in [1.807, 2.05) is 13.0 Å². The van der Waals surface area contributed by atoms with Gasteiger partial charge in [0.15, 0.2) is 5.96 Å². The number of aliphatic imine (C=N–C) groups is 1. The fourth-order valence-electron chi connectivity index (χ4n) is 2.24. The van der Waals surface area contributed by atoms with Crippen molar-refractivity contribution in [1.82, 2.24) is 10.6 Å². The Balaban J connectivity index is 1.80. The molecule has 0 aromatic heterocycles. The second-order valence-corrected chi connectivity index (χ2v) is 5.48. The molecule has 0 unspecified atom stereocenters. The molecule has 8 heteroatoms. The summed E-state index contributed by atoms with van der Waals surface area (Å²) in [6, 6.07) is 12.6. The van der Waals surface area contributed by atoms with Crippen molar-refractivity contribution in [2.24, 2.45) is 4.99 Å². The molecule has 0 aliphatic carbocycles. The van der Waals surface area contributed by atoms with Gasteiger partial charge in [0.1, 0.15) is 5.82 Å². The van der Waals surface area contributed by atoms with Crippen LogP contribution in [0.5, 0.6) is 0 Å².